The van der Waals surface area contributed by atoms with Crippen LogP contribution in [0.1, 0.15) is 84.8 Å². The van der Waals surface area contributed by atoms with Crippen molar-refractivity contribution in [2.45, 2.75) is 91.0 Å². The molecule has 2 aliphatic rings. The Balaban J connectivity index is 1.70. The highest BCUT2D eigenvalue weighted by Gasteiger charge is 2.48. The third-order valence-corrected chi connectivity index (χ3v) is 6.21. The Labute approximate surface area is 165 Å². The Kier molecular flexibility index (Phi) is 6.47. The van der Waals surface area contributed by atoms with Crippen LogP contribution in [-0.4, -0.2) is 11.7 Å². The lowest BCUT2D eigenvalue weighted by Crippen LogP contribution is -2.50. The summed E-state index contributed by atoms with van der Waals surface area (Å²) in [5, 5.41) is 0. The van der Waals surface area contributed by atoms with Crippen molar-refractivity contribution < 1.29 is 9.47 Å². The molecule has 148 valence electrons. The fraction of sp³-hybridized carbons (Fsp3) is 0.600. The zero-order chi connectivity index (χ0) is 19.4. The summed E-state index contributed by atoms with van der Waals surface area (Å²) in [7, 11) is 0. The molecule has 2 heteroatoms. The first-order valence-electron chi connectivity index (χ1n) is 10.6. The minimum absolute atomic E-state index is 0.157. The fourth-order valence-corrected chi connectivity index (χ4v) is 4.56. The van der Waals surface area contributed by atoms with E-state index in [2.05, 4.69) is 71.0 Å². The number of para-hydroxylation sites is 1. The summed E-state index contributed by atoms with van der Waals surface area (Å²) in [6, 6.07) is 8.45. The van der Waals surface area contributed by atoms with Crippen LogP contribution in [0.25, 0.3) is 0 Å². The van der Waals surface area contributed by atoms with Gasteiger partial charge in [0.15, 0.2) is 0 Å². The van der Waals surface area contributed by atoms with Crippen LogP contribution in [0.2, 0.25) is 0 Å². The van der Waals surface area contributed by atoms with Crippen LogP contribution in [0.5, 0.6) is 5.75 Å². The van der Waals surface area contributed by atoms with Crippen molar-refractivity contribution in [1.29, 1.82) is 0 Å². The van der Waals surface area contributed by atoms with Gasteiger partial charge in [0.05, 0.1) is 12.2 Å². The number of fused-ring (bicyclic) bond motifs is 3. The van der Waals surface area contributed by atoms with Gasteiger partial charge in [-0.05, 0) is 79.2 Å². The molecule has 4 atom stereocenters. The van der Waals surface area contributed by atoms with Gasteiger partial charge in [-0.15, -0.1) is 0 Å². The number of ether oxygens (including phenoxy) is 2. The van der Waals surface area contributed by atoms with Crippen molar-refractivity contribution in [3.63, 3.8) is 0 Å². The second kappa shape index (κ2) is 8.65. The quantitative estimate of drug-likeness (QED) is 0.496. The smallest absolute Gasteiger partial charge is 0.125 e. The lowest BCUT2D eigenvalue weighted by molar-refractivity contribution is -0.152. The number of allylic oxidation sites excluding steroid dienone is 4. The van der Waals surface area contributed by atoms with Crippen molar-refractivity contribution in [3.8, 4) is 5.75 Å². The molecule has 0 radical (unpaired) electrons. The van der Waals surface area contributed by atoms with Crippen LogP contribution in [0.4, 0.5) is 0 Å². The summed E-state index contributed by atoms with van der Waals surface area (Å²) in [5.41, 5.74) is 3.97. The van der Waals surface area contributed by atoms with E-state index >= 15 is 0 Å². The van der Waals surface area contributed by atoms with Gasteiger partial charge in [0.2, 0.25) is 0 Å². The molecule has 1 fully saturated rings. The Hall–Kier alpha value is -1.54. The molecule has 2 heterocycles. The molecular weight excluding hydrogens is 332 g/mol. The molecule has 2 aliphatic heterocycles. The molecule has 0 N–H and O–H groups in total. The van der Waals surface area contributed by atoms with Crippen LogP contribution in [0.15, 0.2) is 47.6 Å². The lowest BCUT2D eigenvalue weighted by Gasteiger charge is -2.50. The molecule has 0 saturated carbocycles. The number of rotatable bonds is 6. The summed E-state index contributed by atoms with van der Waals surface area (Å²) in [4.78, 5) is 0. The van der Waals surface area contributed by atoms with Crippen LogP contribution in [0.3, 0.4) is 0 Å². The van der Waals surface area contributed by atoms with Crippen molar-refractivity contribution in [3.05, 3.63) is 53.1 Å². The van der Waals surface area contributed by atoms with E-state index in [-0.39, 0.29) is 11.7 Å². The highest BCUT2D eigenvalue weighted by atomic mass is 16.5. The summed E-state index contributed by atoms with van der Waals surface area (Å²) in [6.07, 6.45) is 11.9. The van der Waals surface area contributed by atoms with Crippen LogP contribution in [-0.2, 0) is 4.74 Å². The third-order valence-electron chi connectivity index (χ3n) is 6.21. The Morgan fingerprint density at radius 1 is 1.11 bits per heavy atom. The fourth-order valence-electron chi connectivity index (χ4n) is 4.56. The molecule has 0 unspecified atom stereocenters. The second-order valence-corrected chi connectivity index (χ2v) is 8.91. The van der Waals surface area contributed by atoms with Crippen LogP contribution >= 0.6 is 0 Å². The van der Waals surface area contributed by atoms with Crippen LogP contribution < -0.4 is 4.74 Å². The number of hydrogen-bond donors (Lipinski definition) is 0. The van der Waals surface area contributed by atoms with Crippen molar-refractivity contribution >= 4 is 0 Å². The summed E-state index contributed by atoms with van der Waals surface area (Å²) in [5.74, 6) is 1.45. The molecule has 1 saturated heterocycles. The molecule has 1 aromatic carbocycles. The van der Waals surface area contributed by atoms with E-state index in [1.807, 2.05) is 0 Å². The normalized spacial score (nSPS) is 30.1. The highest BCUT2D eigenvalue weighted by Crippen LogP contribution is 2.51. The highest BCUT2D eigenvalue weighted by molar-refractivity contribution is 5.39. The monoisotopic (exact) mass is 368 g/mol. The van der Waals surface area contributed by atoms with E-state index in [0.717, 1.165) is 37.9 Å². The van der Waals surface area contributed by atoms with Gasteiger partial charge in [-0.2, -0.15) is 0 Å². The molecule has 0 spiro atoms. The van der Waals surface area contributed by atoms with Crippen molar-refractivity contribution in [2.24, 2.45) is 5.92 Å². The Morgan fingerprint density at radius 3 is 2.67 bits per heavy atom. The first-order chi connectivity index (χ1) is 12.9. The van der Waals surface area contributed by atoms with Gasteiger partial charge < -0.3 is 9.47 Å². The molecule has 0 amide bonds. The zero-order valence-corrected chi connectivity index (χ0v) is 17.8. The molecule has 1 aromatic rings. The van der Waals surface area contributed by atoms with E-state index in [4.69, 9.17) is 9.47 Å². The number of benzene rings is 1. The van der Waals surface area contributed by atoms with E-state index < -0.39 is 0 Å². The van der Waals surface area contributed by atoms with Gasteiger partial charge in [-0.1, -0.05) is 41.5 Å². The number of hydrogen-bond acceptors (Lipinski definition) is 2. The van der Waals surface area contributed by atoms with E-state index in [9.17, 15) is 0 Å². The maximum absolute atomic E-state index is 6.60. The zero-order valence-electron chi connectivity index (χ0n) is 17.8. The molecule has 2 nitrogen and oxygen atoms in total. The Morgan fingerprint density at radius 2 is 1.89 bits per heavy atom. The maximum Gasteiger partial charge on any atom is 0.125 e. The maximum atomic E-state index is 6.60. The standard InChI is InChI=1S/C25H36O2/c1-18(2)10-8-11-19(3)12-9-17-25(5)22-16-15-20(4)26-24(22)21-13-6-7-14-23(21)27-25/h6-7,10,12-14,20,22,24H,8-9,11,15-17H2,1-5H3/t20-,22+,24-,25-/m0/s1. The predicted molar refractivity (Wildman–Crippen MR) is 113 cm³/mol. The average Bonchev–Trinajstić information content (AvgIpc) is 2.61. The lowest BCUT2D eigenvalue weighted by atomic mass is 9.72. The van der Waals surface area contributed by atoms with Gasteiger partial charge in [0.1, 0.15) is 11.4 Å². The van der Waals surface area contributed by atoms with Gasteiger partial charge in [0.25, 0.3) is 0 Å². The molecule has 3 rings (SSSR count). The van der Waals surface area contributed by atoms with Gasteiger partial charge in [-0.25, -0.2) is 0 Å². The van der Waals surface area contributed by atoms with Gasteiger partial charge >= 0.3 is 0 Å². The summed E-state index contributed by atoms with van der Waals surface area (Å²) >= 11 is 0. The van der Waals surface area contributed by atoms with Gasteiger partial charge in [-0.3, -0.25) is 0 Å². The second-order valence-electron chi connectivity index (χ2n) is 8.91. The third kappa shape index (κ3) is 4.85. The van der Waals surface area contributed by atoms with Crippen LogP contribution in [0, 0.1) is 5.92 Å². The van der Waals surface area contributed by atoms with E-state index in [0.29, 0.717) is 12.0 Å². The minimum atomic E-state index is -0.157. The molecule has 0 bridgehead atoms. The molecule has 0 aromatic heterocycles. The predicted octanol–water partition coefficient (Wildman–Crippen LogP) is 7.17. The minimum Gasteiger partial charge on any atom is -0.487 e. The topological polar surface area (TPSA) is 18.5 Å². The summed E-state index contributed by atoms with van der Waals surface area (Å²) in [6.45, 7) is 11.1. The Bertz CT molecular complexity index is 698. The average molecular weight is 369 g/mol. The molecular formula is C25H36O2. The summed E-state index contributed by atoms with van der Waals surface area (Å²) < 4.78 is 13.0. The van der Waals surface area contributed by atoms with Crippen molar-refractivity contribution in [1.82, 2.24) is 0 Å². The largest absolute Gasteiger partial charge is 0.487 e. The SMILES string of the molecule is CC(C)=CCCC(C)=CCC[C@]1(C)Oc2ccccc2[C@@H]2O[C@@H](C)CC[C@H]21. The first-order valence-corrected chi connectivity index (χ1v) is 10.6. The molecule has 27 heavy (non-hydrogen) atoms. The van der Waals surface area contributed by atoms with E-state index in [1.165, 1.54) is 23.1 Å². The van der Waals surface area contributed by atoms with E-state index in [1.54, 1.807) is 0 Å². The molecule has 0 aliphatic carbocycles. The van der Waals surface area contributed by atoms with Crippen molar-refractivity contribution in [2.75, 3.05) is 0 Å². The van der Waals surface area contributed by atoms with Gasteiger partial charge in [0, 0.05) is 11.5 Å². The first kappa shape index (κ1) is 20.2.